The molecular formula is C19H14N4O2. The predicted octanol–water partition coefficient (Wildman–Crippen LogP) is 4.09. The summed E-state index contributed by atoms with van der Waals surface area (Å²) in [4.78, 5) is 15.2. The van der Waals surface area contributed by atoms with Gasteiger partial charge < -0.3 is 5.73 Å². The van der Waals surface area contributed by atoms with Crippen molar-refractivity contribution in [2.45, 2.75) is 6.92 Å². The average Bonchev–Trinajstić information content (AvgIpc) is 2.61. The number of nitrogens with zero attached hydrogens (tertiary/aromatic N) is 3. The van der Waals surface area contributed by atoms with Gasteiger partial charge >= 0.3 is 0 Å². The van der Waals surface area contributed by atoms with Crippen LogP contribution in [0, 0.1) is 28.4 Å². The van der Waals surface area contributed by atoms with Crippen LogP contribution in [0.3, 0.4) is 0 Å². The van der Waals surface area contributed by atoms with Crippen LogP contribution in [0.4, 0.5) is 11.5 Å². The minimum atomic E-state index is -0.473. The summed E-state index contributed by atoms with van der Waals surface area (Å²) in [5.74, 6) is 0.0506. The highest BCUT2D eigenvalue weighted by Gasteiger charge is 2.20. The molecule has 0 radical (unpaired) electrons. The third kappa shape index (κ3) is 3.03. The molecule has 6 heteroatoms. The molecule has 0 unspecified atom stereocenters. The third-order valence-electron chi connectivity index (χ3n) is 3.86. The summed E-state index contributed by atoms with van der Waals surface area (Å²) in [6.45, 7) is 1.96. The number of rotatable bonds is 3. The third-order valence-corrected chi connectivity index (χ3v) is 3.86. The molecule has 3 aromatic rings. The molecule has 0 saturated heterocycles. The maximum absolute atomic E-state index is 11.4. The van der Waals surface area contributed by atoms with Crippen molar-refractivity contribution in [2.24, 2.45) is 0 Å². The Labute approximate surface area is 144 Å². The van der Waals surface area contributed by atoms with E-state index in [-0.39, 0.29) is 17.1 Å². The molecule has 0 bridgehead atoms. The van der Waals surface area contributed by atoms with E-state index < -0.39 is 4.92 Å². The molecule has 3 rings (SSSR count). The van der Waals surface area contributed by atoms with Crippen molar-refractivity contribution in [3.63, 3.8) is 0 Å². The van der Waals surface area contributed by atoms with E-state index in [1.807, 2.05) is 37.3 Å². The van der Waals surface area contributed by atoms with E-state index in [2.05, 4.69) is 4.98 Å². The van der Waals surface area contributed by atoms with Gasteiger partial charge in [-0.05, 0) is 25.1 Å². The van der Waals surface area contributed by atoms with Crippen molar-refractivity contribution in [2.75, 3.05) is 5.73 Å². The first kappa shape index (κ1) is 16.1. The smallest absolute Gasteiger partial charge is 0.277 e. The van der Waals surface area contributed by atoms with E-state index >= 15 is 0 Å². The summed E-state index contributed by atoms with van der Waals surface area (Å²) in [5.41, 5.74) is 9.20. The van der Waals surface area contributed by atoms with Gasteiger partial charge in [0.1, 0.15) is 17.5 Å². The number of para-hydroxylation sites is 1. The van der Waals surface area contributed by atoms with Gasteiger partial charge in [-0.1, -0.05) is 35.9 Å². The van der Waals surface area contributed by atoms with Crippen molar-refractivity contribution in [3.8, 4) is 28.5 Å². The van der Waals surface area contributed by atoms with Gasteiger partial charge in [-0.25, -0.2) is 4.98 Å². The predicted molar refractivity (Wildman–Crippen MR) is 95.6 cm³/mol. The van der Waals surface area contributed by atoms with Crippen molar-refractivity contribution in [3.05, 3.63) is 75.8 Å². The second-order valence-corrected chi connectivity index (χ2v) is 5.57. The monoisotopic (exact) mass is 330 g/mol. The Kier molecular flexibility index (Phi) is 4.14. The van der Waals surface area contributed by atoms with Crippen LogP contribution in [-0.2, 0) is 0 Å². The van der Waals surface area contributed by atoms with Crippen LogP contribution in [-0.4, -0.2) is 9.91 Å². The van der Waals surface area contributed by atoms with Gasteiger partial charge in [0.05, 0.1) is 16.2 Å². The number of nitrogen functional groups attached to an aromatic ring is 1. The summed E-state index contributed by atoms with van der Waals surface area (Å²) < 4.78 is 0. The molecule has 0 amide bonds. The number of aromatic nitrogens is 1. The Bertz CT molecular complexity index is 1020. The van der Waals surface area contributed by atoms with E-state index in [0.717, 1.165) is 11.1 Å². The Morgan fingerprint density at radius 2 is 1.88 bits per heavy atom. The maximum atomic E-state index is 11.4. The number of nitro groups is 1. The molecule has 0 saturated carbocycles. The standard InChI is InChI=1S/C19H14N4O2/c1-12-5-4-6-13(9-12)17-10-15(16(11-20)19(21)22-17)14-7-2-3-8-18(14)23(24)25/h2-10H,1H3,(H2,21,22). The topological polar surface area (TPSA) is 106 Å². The fraction of sp³-hybridized carbons (Fsp3) is 0.0526. The summed E-state index contributed by atoms with van der Waals surface area (Å²) >= 11 is 0. The number of aryl methyl sites for hydroxylation is 1. The largest absolute Gasteiger partial charge is 0.383 e. The number of nitrogens with two attached hydrogens (primary N) is 1. The number of anilines is 1. The van der Waals surface area contributed by atoms with E-state index in [1.54, 1.807) is 24.3 Å². The number of nitriles is 1. The second kappa shape index (κ2) is 6.42. The number of pyridine rings is 1. The van der Waals surface area contributed by atoms with Crippen LogP contribution in [0.2, 0.25) is 0 Å². The lowest BCUT2D eigenvalue weighted by Crippen LogP contribution is -2.01. The first-order chi connectivity index (χ1) is 12.0. The van der Waals surface area contributed by atoms with Gasteiger partial charge in [0.2, 0.25) is 0 Å². The Morgan fingerprint density at radius 3 is 2.56 bits per heavy atom. The summed E-state index contributed by atoms with van der Waals surface area (Å²) in [5, 5.41) is 20.8. The molecular weight excluding hydrogens is 316 g/mol. The summed E-state index contributed by atoms with van der Waals surface area (Å²) in [6.07, 6.45) is 0. The first-order valence-electron chi connectivity index (χ1n) is 7.52. The molecule has 6 nitrogen and oxygen atoms in total. The van der Waals surface area contributed by atoms with Crippen molar-refractivity contribution in [1.82, 2.24) is 4.98 Å². The van der Waals surface area contributed by atoms with Gasteiger partial charge in [0, 0.05) is 17.2 Å². The van der Waals surface area contributed by atoms with Crippen LogP contribution < -0.4 is 5.73 Å². The molecule has 25 heavy (non-hydrogen) atoms. The Balaban J connectivity index is 2.30. The normalized spacial score (nSPS) is 10.2. The zero-order chi connectivity index (χ0) is 18.0. The highest BCUT2D eigenvalue weighted by molar-refractivity contribution is 5.84. The highest BCUT2D eigenvalue weighted by atomic mass is 16.6. The molecule has 0 fully saturated rings. The number of hydrogen-bond acceptors (Lipinski definition) is 5. The Morgan fingerprint density at radius 1 is 1.12 bits per heavy atom. The lowest BCUT2D eigenvalue weighted by atomic mass is 9.97. The molecule has 0 aliphatic rings. The molecule has 0 spiro atoms. The molecule has 1 heterocycles. The SMILES string of the molecule is Cc1cccc(-c2cc(-c3ccccc3[N+](=O)[O-])c(C#N)c(N)n2)c1. The number of benzene rings is 2. The fourth-order valence-electron chi connectivity index (χ4n) is 2.71. The summed E-state index contributed by atoms with van der Waals surface area (Å²) in [6, 6.07) is 17.6. The molecule has 0 atom stereocenters. The molecule has 2 aromatic carbocycles. The minimum absolute atomic E-state index is 0.0506. The van der Waals surface area contributed by atoms with Crippen LogP contribution in [0.1, 0.15) is 11.1 Å². The minimum Gasteiger partial charge on any atom is -0.383 e. The second-order valence-electron chi connectivity index (χ2n) is 5.57. The van der Waals surface area contributed by atoms with Crippen molar-refractivity contribution in [1.29, 1.82) is 5.26 Å². The quantitative estimate of drug-likeness (QED) is 0.575. The van der Waals surface area contributed by atoms with Gasteiger partial charge in [0.15, 0.2) is 0 Å². The van der Waals surface area contributed by atoms with Crippen LogP contribution in [0.15, 0.2) is 54.6 Å². The van der Waals surface area contributed by atoms with E-state index in [9.17, 15) is 15.4 Å². The zero-order valence-corrected chi connectivity index (χ0v) is 13.4. The molecule has 122 valence electrons. The molecule has 1 aromatic heterocycles. The first-order valence-corrected chi connectivity index (χ1v) is 7.52. The van der Waals surface area contributed by atoms with Crippen LogP contribution in [0.25, 0.3) is 22.4 Å². The average molecular weight is 330 g/mol. The van der Waals surface area contributed by atoms with Gasteiger partial charge in [-0.15, -0.1) is 0 Å². The summed E-state index contributed by atoms with van der Waals surface area (Å²) in [7, 11) is 0. The van der Waals surface area contributed by atoms with E-state index in [4.69, 9.17) is 5.73 Å². The molecule has 0 aliphatic carbocycles. The lowest BCUT2D eigenvalue weighted by Gasteiger charge is -2.11. The Hall–Kier alpha value is -3.72. The van der Waals surface area contributed by atoms with Crippen molar-refractivity contribution >= 4 is 11.5 Å². The maximum Gasteiger partial charge on any atom is 0.277 e. The van der Waals surface area contributed by atoms with Crippen LogP contribution >= 0.6 is 0 Å². The van der Waals surface area contributed by atoms with Crippen LogP contribution in [0.5, 0.6) is 0 Å². The van der Waals surface area contributed by atoms with Crippen molar-refractivity contribution < 1.29 is 4.92 Å². The van der Waals surface area contributed by atoms with Gasteiger partial charge in [-0.3, -0.25) is 10.1 Å². The number of nitro benzene ring substituents is 1. The highest BCUT2D eigenvalue weighted by Crippen LogP contribution is 2.36. The molecule has 2 N–H and O–H groups in total. The van der Waals surface area contributed by atoms with E-state index in [1.165, 1.54) is 6.07 Å². The number of hydrogen-bond donors (Lipinski definition) is 1. The van der Waals surface area contributed by atoms with E-state index in [0.29, 0.717) is 16.8 Å². The van der Waals surface area contributed by atoms with Gasteiger partial charge in [0.25, 0.3) is 5.69 Å². The van der Waals surface area contributed by atoms with Gasteiger partial charge in [-0.2, -0.15) is 5.26 Å². The zero-order valence-electron chi connectivity index (χ0n) is 13.4. The molecule has 0 aliphatic heterocycles. The fourth-order valence-corrected chi connectivity index (χ4v) is 2.71. The lowest BCUT2D eigenvalue weighted by molar-refractivity contribution is -0.384.